The second-order valence-corrected chi connectivity index (χ2v) is 10.2. The first-order valence-electron chi connectivity index (χ1n) is 13.5. The lowest BCUT2D eigenvalue weighted by atomic mass is 10.1. The summed E-state index contributed by atoms with van der Waals surface area (Å²) in [6.45, 7) is 1.46. The van der Waals surface area contributed by atoms with E-state index in [-0.39, 0.29) is 35.9 Å². The Morgan fingerprint density at radius 1 is 1.00 bits per heavy atom. The Morgan fingerprint density at radius 3 is 2.50 bits per heavy atom. The monoisotopic (exact) mass is 603 g/mol. The molecule has 0 unspecified atom stereocenters. The van der Waals surface area contributed by atoms with Crippen LogP contribution in [0.5, 0.6) is 0 Å². The van der Waals surface area contributed by atoms with Crippen LogP contribution in [-0.2, 0) is 12.6 Å². The Kier molecular flexibility index (Phi) is 8.32. The van der Waals surface area contributed by atoms with Crippen LogP contribution in [0, 0.1) is 6.92 Å². The molecule has 5 rings (SSSR count). The first-order valence-corrected chi connectivity index (χ1v) is 13.5. The average Bonchev–Trinajstić information content (AvgIpc) is 2.98. The predicted octanol–water partition coefficient (Wildman–Crippen LogP) is 5.10. The molecule has 2 heterocycles. The van der Waals surface area contributed by atoms with Crippen molar-refractivity contribution < 1.29 is 23.1 Å². The molecule has 44 heavy (non-hydrogen) atoms. The summed E-state index contributed by atoms with van der Waals surface area (Å²) in [4.78, 5) is 41.3. The molecule has 3 N–H and O–H groups in total. The van der Waals surface area contributed by atoms with Gasteiger partial charge in [0.1, 0.15) is 0 Å². The van der Waals surface area contributed by atoms with Gasteiger partial charge in [-0.05, 0) is 61.0 Å². The number of hydrogen-bond acceptors (Lipinski definition) is 8. The lowest BCUT2D eigenvalue weighted by molar-refractivity contribution is -0.137. The van der Waals surface area contributed by atoms with Gasteiger partial charge in [0.15, 0.2) is 5.65 Å². The number of aromatic nitrogens is 4. The second kappa shape index (κ2) is 12.1. The summed E-state index contributed by atoms with van der Waals surface area (Å²) >= 11 is 0. The average molecular weight is 604 g/mol. The van der Waals surface area contributed by atoms with E-state index >= 15 is 0 Å². The summed E-state index contributed by atoms with van der Waals surface area (Å²) < 4.78 is 40.8. The van der Waals surface area contributed by atoms with E-state index in [0.29, 0.717) is 22.3 Å². The molecule has 0 radical (unpaired) electrons. The summed E-state index contributed by atoms with van der Waals surface area (Å²) in [6.07, 6.45) is -3.02. The number of nitrogens with zero attached hydrogens (tertiary/aromatic N) is 5. The molecule has 3 aromatic carbocycles. The van der Waals surface area contributed by atoms with Crippen molar-refractivity contribution in [3.8, 4) is 5.69 Å². The Morgan fingerprint density at radius 2 is 1.77 bits per heavy atom. The van der Waals surface area contributed by atoms with Crippen LogP contribution in [0.15, 0.2) is 77.7 Å². The standard InChI is InChI=1S/C31H28F3N7O3/c1-18-10-11-22(36-28(43)19-6-4-7-20(14-19)31(32,33)34)16-26(18)41-25(12-13-42)24-17-35-29(38-27(24)39-30(41)44)37-21-8-5-9-23(15-21)40(2)3/h4-11,14-17,42H,12-13H2,1-3H3,(H,36,43)(H,37,38,39,44). The number of hydrogen-bond donors (Lipinski definition) is 3. The molecule has 0 spiro atoms. The number of aryl methyl sites for hydroxylation is 1. The highest BCUT2D eigenvalue weighted by atomic mass is 19.4. The highest BCUT2D eigenvalue weighted by Gasteiger charge is 2.31. The van der Waals surface area contributed by atoms with E-state index in [9.17, 15) is 27.9 Å². The van der Waals surface area contributed by atoms with Gasteiger partial charge >= 0.3 is 11.9 Å². The van der Waals surface area contributed by atoms with Gasteiger partial charge in [0.05, 0.1) is 16.6 Å². The molecule has 0 bridgehead atoms. The molecule has 0 aliphatic carbocycles. The van der Waals surface area contributed by atoms with Gasteiger partial charge in [-0.3, -0.25) is 9.36 Å². The van der Waals surface area contributed by atoms with E-state index in [4.69, 9.17) is 0 Å². The van der Waals surface area contributed by atoms with Crippen LogP contribution in [0.4, 0.5) is 36.2 Å². The Balaban J connectivity index is 1.51. The zero-order valence-electron chi connectivity index (χ0n) is 24.0. The maximum absolute atomic E-state index is 13.4. The molecule has 2 aromatic heterocycles. The van der Waals surface area contributed by atoms with E-state index in [2.05, 4.69) is 25.6 Å². The molecular formula is C31H28F3N7O3. The largest absolute Gasteiger partial charge is 0.416 e. The highest BCUT2D eigenvalue weighted by molar-refractivity contribution is 6.04. The van der Waals surface area contributed by atoms with Gasteiger partial charge in [-0.2, -0.15) is 23.1 Å². The fourth-order valence-electron chi connectivity index (χ4n) is 4.66. The van der Waals surface area contributed by atoms with Crippen LogP contribution >= 0.6 is 0 Å². The van der Waals surface area contributed by atoms with Gasteiger partial charge in [-0.15, -0.1) is 0 Å². The minimum atomic E-state index is -4.60. The number of alkyl halides is 3. The normalized spacial score (nSPS) is 11.4. The molecule has 0 aliphatic rings. The zero-order chi connectivity index (χ0) is 31.6. The van der Waals surface area contributed by atoms with Gasteiger partial charge in [0, 0.05) is 61.6 Å². The number of aliphatic hydroxyl groups is 1. The highest BCUT2D eigenvalue weighted by Crippen LogP contribution is 2.30. The van der Waals surface area contributed by atoms with E-state index < -0.39 is 23.3 Å². The minimum Gasteiger partial charge on any atom is -0.396 e. The van der Waals surface area contributed by atoms with Gasteiger partial charge < -0.3 is 20.6 Å². The first kappa shape index (κ1) is 30.2. The third-order valence-corrected chi connectivity index (χ3v) is 6.87. The topological polar surface area (TPSA) is 125 Å². The number of benzene rings is 3. The van der Waals surface area contributed by atoms with Crippen LogP contribution in [0.3, 0.4) is 0 Å². The molecule has 1 amide bonds. The summed E-state index contributed by atoms with van der Waals surface area (Å²) in [5, 5.41) is 16.0. The molecule has 226 valence electrons. The Labute approximate surface area is 249 Å². The van der Waals surface area contributed by atoms with Crippen molar-refractivity contribution in [3.05, 3.63) is 106 Å². The maximum Gasteiger partial charge on any atom is 0.416 e. The Hall–Kier alpha value is -5.30. The smallest absolute Gasteiger partial charge is 0.396 e. The Bertz CT molecular complexity index is 1920. The lowest BCUT2D eigenvalue weighted by Crippen LogP contribution is -2.27. The summed E-state index contributed by atoms with van der Waals surface area (Å²) in [5.41, 5.74) is 1.67. The molecule has 0 atom stereocenters. The molecule has 0 fully saturated rings. The van der Waals surface area contributed by atoms with Crippen LogP contribution in [-0.4, -0.2) is 51.2 Å². The SMILES string of the molecule is Cc1ccc(NC(=O)c2cccc(C(F)(F)F)c2)cc1-n1c(CCO)c2cnc(Nc3cccc(N(C)C)c3)nc2nc1=O. The van der Waals surface area contributed by atoms with E-state index in [1.165, 1.54) is 22.9 Å². The summed E-state index contributed by atoms with van der Waals surface area (Å²) in [7, 11) is 3.84. The predicted molar refractivity (Wildman–Crippen MR) is 162 cm³/mol. The molecule has 0 saturated carbocycles. The van der Waals surface area contributed by atoms with Crippen molar-refractivity contribution in [3.63, 3.8) is 0 Å². The number of anilines is 4. The van der Waals surface area contributed by atoms with Gasteiger partial charge in [0.25, 0.3) is 5.91 Å². The third-order valence-electron chi connectivity index (χ3n) is 6.87. The van der Waals surface area contributed by atoms with Crippen LogP contribution in [0.1, 0.15) is 27.2 Å². The number of carbonyl (C=O) groups is 1. The van der Waals surface area contributed by atoms with Crippen molar-refractivity contribution in [2.24, 2.45) is 0 Å². The van der Waals surface area contributed by atoms with E-state index in [1.807, 2.05) is 43.3 Å². The summed E-state index contributed by atoms with van der Waals surface area (Å²) in [6, 6.07) is 16.4. The van der Waals surface area contributed by atoms with Crippen molar-refractivity contribution in [2.45, 2.75) is 19.5 Å². The van der Waals surface area contributed by atoms with Crippen LogP contribution in [0.25, 0.3) is 16.7 Å². The molecule has 13 heteroatoms. The molecular weight excluding hydrogens is 575 g/mol. The van der Waals surface area contributed by atoms with Gasteiger partial charge in [-0.25, -0.2) is 9.78 Å². The van der Waals surface area contributed by atoms with E-state index in [1.54, 1.807) is 19.1 Å². The third kappa shape index (κ3) is 6.37. The zero-order valence-corrected chi connectivity index (χ0v) is 24.0. The number of amides is 1. The van der Waals surface area contributed by atoms with Crippen LogP contribution in [0.2, 0.25) is 0 Å². The van der Waals surface area contributed by atoms with Crippen LogP contribution < -0.4 is 21.2 Å². The van der Waals surface area contributed by atoms with Gasteiger partial charge in [0.2, 0.25) is 5.95 Å². The molecule has 0 aliphatic heterocycles. The van der Waals surface area contributed by atoms with E-state index in [0.717, 1.165) is 29.6 Å². The molecule has 5 aromatic rings. The maximum atomic E-state index is 13.4. The lowest BCUT2D eigenvalue weighted by Gasteiger charge is -2.18. The number of carbonyl (C=O) groups excluding carboxylic acids is 1. The summed E-state index contributed by atoms with van der Waals surface area (Å²) in [5.74, 6) is -0.529. The number of nitrogens with one attached hydrogen (secondary N) is 2. The number of fused-ring (bicyclic) bond motifs is 1. The van der Waals surface area contributed by atoms with Crippen molar-refractivity contribution >= 4 is 40.0 Å². The second-order valence-electron chi connectivity index (χ2n) is 10.2. The fraction of sp³-hybridized carbons (Fsp3) is 0.194. The number of halogens is 3. The van der Waals surface area contributed by atoms with Gasteiger partial charge in [-0.1, -0.05) is 18.2 Å². The van der Waals surface area contributed by atoms with Crippen molar-refractivity contribution in [1.29, 1.82) is 0 Å². The number of aliphatic hydroxyl groups excluding tert-OH is 1. The minimum absolute atomic E-state index is 0.0650. The first-order chi connectivity index (χ1) is 20.9. The van der Waals surface area contributed by atoms with Crippen molar-refractivity contribution in [1.82, 2.24) is 19.5 Å². The molecule has 10 nitrogen and oxygen atoms in total. The quantitative estimate of drug-likeness (QED) is 0.224. The van der Waals surface area contributed by atoms with Crippen molar-refractivity contribution in [2.75, 3.05) is 36.2 Å². The number of rotatable bonds is 8. The fourth-order valence-corrected chi connectivity index (χ4v) is 4.66. The molecule has 0 saturated heterocycles.